The first-order valence-electron chi connectivity index (χ1n) is 8.72. The first kappa shape index (κ1) is 19.3. The number of nitrogen functional groups attached to an aromatic ring is 1. The number of rotatable bonds is 8. The molecule has 0 saturated heterocycles. The smallest absolute Gasteiger partial charge is 0.183 e. The normalized spacial score (nSPS) is 13.2. The molecule has 3 heterocycles. The lowest BCUT2D eigenvalue weighted by Crippen LogP contribution is -2.16. The molecule has 0 saturated carbocycles. The van der Waals surface area contributed by atoms with Crippen LogP contribution < -0.4 is 22.3 Å². The summed E-state index contributed by atoms with van der Waals surface area (Å²) in [5.41, 5.74) is 11.4. The fraction of sp³-hybridized carbons (Fsp3) is 0.222. The molecule has 146 valence electrons. The largest absolute Gasteiger partial charge is 0.404 e. The third-order valence-electron chi connectivity index (χ3n) is 4.12. The van der Waals surface area contributed by atoms with Gasteiger partial charge in [0.1, 0.15) is 0 Å². The molecule has 1 atom stereocenters. The summed E-state index contributed by atoms with van der Waals surface area (Å²) < 4.78 is 1.80. The van der Waals surface area contributed by atoms with Crippen LogP contribution in [0.3, 0.4) is 0 Å². The first-order chi connectivity index (χ1) is 13.7. The summed E-state index contributed by atoms with van der Waals surface area (Å²) in [5, 5.41) is 16.4. The van der Waals surface area contributed by atoms with Crippen LogP contribution >= 0.6 is 0 Å². The van der Waals surface area contributed by atoms with Crippen molar-refractivity contribution in [3.8, 4) is 0 Å². The second kappa shape index (κ2) is 8.93. The molecule has 3 aromatic rings. The molecule has 10 heteroatoms. The topological polar surface area (TPSA) is 152 Å². The van der Waals surface area contributed by atoms with E-state index < -0.39 is 0 Å². The summed E-state index contributed by atoms with van der Waals surface area (Å²) in [6.45, 7) is 2.26. The molecule has 0 aliphatic heterocycles. The van der Waals surface area contributed by atoms with E-state index in [-0.39, 0.29) is 19.2 Å². The summed E-state index contributed by atoms with van der Waals surface area (Å²) in [5.74, 6) is 6.47. The van der Waals surface area contributed by atoms with E-state index in [9.17, 15) is 0 Å². The van der Waals surface area contributed by atoms with E-state index in [0.717, 1.165) is 11.1 Å². The summed E-state index contributed by atoms with van der Waals surface area (Å²) >= 11 is 0. The summed E-state index contributed by atoms with van der Waals surface area (Å²) in [6.07, 6.45) is 8.15. The Morgan fingerprint density at radius 1 is 1.39 bits per heavy atom. The molecule has 0 spiro atoms. The zero-order chi connectivity index (χ0) is 19.9. The highest BCUT2D eigenvalue weighted by molar-refractivity contribution is 6.08. The van der Waals surface area contributed by atoms with Crippen molar-refractivity contribution in [2.24, 2.45) is 16.6 Å². The van der Waals surface area contributed by atoms with Crippen molar-refractivity contribution in [3.05, 3.63) is 54.2 Å². The Bertz CT molecular complexity index is 996. The number of nitrogens with zero attached hydrogens (tertiary/aromatic N) is 5. The van der Waals surface area contributed by atoms with Gasteiger partial charge in [0, 0.05) is 30.4 Å². The predicted octanol–water partition coefficient (Wildman–Crippen LogP) is 0.946. The molecule has 28 heavy (non-hydrogen) atoms. The molecule has 0 fully saturated rings. The molecule has 0 radical (unpaired) electrons. The minimum absolute atomic E-state index is 0.0398. The summed E-state index contributed by atoms with van der Waals surface area (Å²) in [6, 6.07) is 5.90. The van der Waals surface area contributed by atoms with Crippen LogP contribution in [0.25, 0.3) is 11.1 Å². The van der Waals surface area contributed by atoms with Gasteiger partial charge in [0.15, 0.2) is 11.6 Å². The van der Waals surface area contributed by atoms with Gasteiger partial charge < -0.3 is 21.6 Å². The van der Waals surface area contributed by atoms with Gasteiger partial charge in [0.05, 0.1) is 36.6 Å². The number of hydrogen-bond donors (Lipinski definition) is 5. The molecule has 0 bridgehead atoms. The van der Waals surface area contributed by atoms with Gasteiger partial charge in [-0.25, -0.2) is 20.3 Å². The molecule has 1 unspecified atom stereocenters. The number of fused-ring (bicyclic) bond motifs is 1. The van der Waals surface area contributed by atoms with Crippen molar-refractivity contribution in [3.63, 3.8) is 0 Å². The van der Waals surface area contributed by atoms with Gasteiger partial charge in [-0.05, 0) is 30.7 Å². The van der Waals surface area contributed by atoms with Gasteiger partial charge in [-0.15, -0.1) is 0 Å². The minimum Gasteiger partial charge on any atom is -0.404 e. The van der Waals surface area contributed by atoms with Gasteiger partial charge in [-0.2, -0.15) is 5.10 Å². The number of allylic oxidation sites excluding steroid dienone is 1. The molecular weight excluding hydrogens is 358 g/mol. The number of aromatic nitrogens is 4. The van der Waals surface area contributed by atoms with Crippen LogP contribution in [0.15, 0.2) is 48.0 Å². The highest BCUT2D eigenvalue weighted by Gasteiger charge is 2.13. The number of anilines is 2. The van der Waals surface area contributed by atoms with Crippen LogP contribution in [0, 0.1) is 0 Å². The van der Waals surface area contributed by atoms with E-state index >= 15 is 0 Å². The fourth-order valence-corrected chi connectivity index (χ4v) is 2.65. The number of hydrogen-bond acceptors (Lipinski definition) is 9. The van der Waals surface area contributed by atoms with E-state index in [4.69, 9.17) is 16.7 Å². The predicted molar refractivity (Wildman–Crippen MR) is 110 cm³/mol. The van der Waals surface area contributed by atoms with E-state index in [2.05, 4.69) is 30.8 Å². The van der Waals surface area contributed by atoms with Crippen molar-refractivity contribution in [2.75, 3.05) is 23.9 Å². The average Bonchev–Trinajstić information content (AvgIpc) is 3.19. The number of aliphatic imine (C=N–C) groups is 1. The average molecular weight is 381 g/mol. The molecule has 3 aromatic heterocycles. The van der Waals surface area contributed by atoms with E-state index in [0.29, 0.717) is 22.9 Å². The molecule has 3 rings (SSSR count). The van der Waals surface area contributed by atoms with Crippen LogP contribution in [0.2, 0.25) is 0 Å². The van der Waals surface area contributed by atoms with Crippen molar-refractivity contribution in [1.82, 2.24) is 19.6 Å². The molecule has 0 aromatic carbocycles. The third-order valence-corrected chi connectivity index (χ3v) is 4.12. The molecule has 0 aliphatic rings. The van der Waals surface area contributed by atoms with Crippen LogP contribution in [0.5, 0.6) is 0 Å². The lowest BCUT2D eigenvalue weighted by Gasteiger charge is -2.18. The zero-order valence-corrected chi connectivity index (χ0v) is 15.4. The second-order valence-corrected chi connectivity index (χ2v) is 6.00. The Morgan fingerprint density at radius 2 is 2.25 bits per heavy atom. The van der Waals surface area contributed by atoms with E-state index in [1.54, 1.807) is 23.1 Å². The third kappa shape index (κ3) is 4.24. The van der Waals surface area contributed by atoms with Crippen LogP contribution in [0.1, 0.15) is 24.2 Å². The molecular formula is C18H23N9O. The Labute approximate surface area is 162 Å². The number of aliphatic hydroxyl groups excluding tert-OH is 1. The molecule has 10 nitrogen and oxygen atoms in total. The first-order valence-corrected chi connectivity index (χ1v) is 8.72. The molecule has 0 amide bonds. The van der Waals surface area contributed by atoms with Crippen molar-refractivity contribution >= 4 is 28.9 Å². The summed E-state index contributed by atoms with van der Waals surface area (Å²) in [7, 11) is 0. The Hall–Kier alpha value is -3.50. The Morgan fingerprint density at radius 3 is 3.00 bits per heavy atom. The van der Waals surface area contributed by atoms with E-state index in [1.165, 1.54) is 6.20 Å². The van der Waals surface area contributed by atoms with Crippen molar-refractivity contribution in [1.29, 1.82) is 0 Å². The van der Waals surface area contributed by atoms with E-state index in [1.807, 2.05) is 31.3 Å². The van der Waals surface area contributed by atoms with Gasteiger partial charge in [0.25, 0.3) is 0 Å². The van der Waals surface area contributed by atoms with Crippen molar-refractivity contribution in [2.45, 2.75) is 13.0 Å². The monoisotopic (exact) mass is 381 g/mol. The number of nitrogens with one attached hydrogen (secondary N) is 2. The number of nitrogens with two attached hydrogens (primary N) is 2. The fourth-order valence-electron chi connectivity index (χ4n) is 2.65. The maximum absolute atomic E-state index is 8.86. The lowest BCUT2D eigenvalue weighted by atomic mass is 10.1. The van der Waals surface area contributed by atoms with Gasteiger partial charge >= 0.3 is 0 Å². The van der Waals surface area contributed by atoms with Crippen molar-refractivity contribution < 1.29 is 5.11 Å². The maximum atomic E-state index is 8.86. The quantitative estimate of drug-likeness (QED) is 0.220. The number of pyridine rings is 1. The van der Waals surface area contributed by atoms with Crippen LogP contribution in [-0.2, 0) is 0 Å². The number of aliphatic hydroxyl groups is 1. The zero-order valence-electron chi connectivity index (χ0n) is 15.4. The second-order valence-electron chi connectivity index (χ2n) is 6.00. The van der Waals surface area contributed by atoms with Crippen LogP contribution in [0.4, 0.5) is 11.6 Å². The van der Waals surface area contributed by atoms with Gasteiger partial charge in [0.2, 0.25) is 0 Å². The standard InChI is InChI=1S/C18H23N9O/c1-12(13-3-6-27-15(8-13)2-4-23-27)24-18-17(26-20)22-11-16(25-18)14(9-19)10-21-5-7-28/h2-4,6,8-12,28H,5,7,19-20H2,1H3,(H,22,26)(H,24,25). The Kier molecular flexibility index (Phi) is 6.14. The minimum atomic E-state index is -0.0649. The lowest BCUT2D eigenvalue weighted by molar-refractivity contribution is 0.307. The number of hydrazine groups is 1. The molecule has 0 aliphatic carbocycles. The Balaban J connectivity index is 1.86. The highest BCUT2D eigenvalue weighted by Crippen LogP contribution is 2.24. The maximum Gasteiger partial charge on any atom is 0.183 e. The molecule has 7 N–H and O–H groups in total. The van der Waals surface area contributed by atoms with Crippen LogP contribution in [-0.4, -0.2) is 44.1 Å². The SMILES string of the molecule is CC(Nc1nc(C(C=NCCO)=CN)cnc1NN)c1ccn2nccc2c1. The highest BCUT2D eigenvalue weighted by atomic mass is 16.3. The van der Waals surface area contributed by atoms with Gasteiger partial charge in [-0.3, -0.25) is 4.99 Å². The van der Waals surface area contributed by atoms with Gasteiger partial charge in [-0.1, -0.05) is 0 Å². The summed E-state index contributed by atoms with van der Waals surface area (Å²) in [4.78, 5) is 13.0.